The van der Waals surface area contributed by atoms with Crippen molar-refractivity contribution in [3.05, 3.63) is 20.8 Å². The standard InChI is InChI=1S/C10H16BrNOS/c1-3-7(2)13-9(5-12)10-4-8(11)6-14-10/h4,6-7,9H,3,5,12H2,1-2H3. The molecule has 2 unspecified atom stereocenters. The van der Waals surface area contributed by atoms with Crippen molar-refractivity contribution >= 4 is 27.3 Å². The van der Waals surface area contributed by atoms with Crippen LogP contribution in [0.5, 0.6) is 0 Å². The molecule has 1 aromatic heterocycles. The van der Waals surface area contributed by atoms with Crippen molar-refractivity contribution in [1.82, 2.24) is 0 Å². The summed E-state index contributed by atoms with van der Waals surface area (Å²) in [4.78, 5) is 1.19. The fraction of sp³-hybridized carbons (Fsp3) is 0.600. The SMILES string of the molecule is CCC(C)OC(CN)c1cc(Br)cs1. The molecule has 1 rings (SSSR count). The molecule has 80 valence electrons. The van der Waals surface area contributed by atoms with Gasteiger partial charge in [0.1, 0.15) is 6.10 Å². The lowest BCUT2D eigenvalue weighted by molar-refractivity contribution is 0.00188. The molecule has 0 aromatic carbocycles. The van der Waals surface area contributed by atoms with Crippen molar-refractivity contribution in [1.29, 1.82) is 0 Å². The largest absolute Gasteiger partial charge is 0.368 e. The Morgan fingerprint density at radius 1 is 1.64 bits per heavy atom. The van der Waals surface area contributed by atoms with Crippen LogP contribution in [0.2, 0.25) is 0 Å². The van der Waals surface area contributed by atoms with E-state index in [1.54, 1.807) is 11.3 Å². The lowest BCUT2D eigenvalue weighted by Crippen LogP contribution is -2.19. The third-order valence-electron chi connectivity index (χ3n) is 2.09. The van der Waals surface area contributed by atoms with Gasteiger partial charge in [0, 0.05) is 21.3 Å². The highest BCUT2D eigenvalue weighted by Crippen LogP contribution is 2.28. The first-order chi connectivity index (χ1) is 6.67. The van der Waals surface area contributed by atoms with Gasteiger partial charge in [0.05, 0.1) is 6.10 Å². The fourth-order valence-corrected chi connectivity index (χ4v) is 2.61. The molecule has 0 bridgehead atoms. The van der Waals surface area contributed by atoms with Gasteiger partial charge in [0.15, 0.2) is 0 Å². The molecule has 0 saturated heterocycles. The third-order valence-corrected chi connectivity index (χ3v) is 3.88. The maximum absolute atomic E-state index is 5.81. The van der Waals surface area contributed by atoms with Crippen molar-refractivity contribution < 1.29 is 4.74 Å². The zero-order valence-electron chi connectivity index (χ0n) is 8.50. The predicted octanol–water partition coefficient (Wildman–Crippen LogP) is 3.33. The number of halogens is 1. The molecular formula is C10H16BrNOS. The van der Waals surface area contributed by atoms with Gasteiger partial charge in [-0.15, -0.1) is 11.3 Å². The number of hydrogen-bond donors (Lipinski definition) is 1. The van der Waals surface area contributed by atoms with Gasteiger partial charge in [0.25, 0.3) is 0 Å². The Bertz CT molecular complexity index is 277. The first-order valence-electron chi connectivity index (χ1n) is 4.76. The van der Waals surface area contributed by atoms with Gasteiger partial charge in [0.2, 0.25) is 0 Å². The van der Waals surface area contributed by atoms with Crippen LogP contribution in [0.1, 0.15) is 31.2 Å². The van der Waals surface area contributed by atoms with Gasteiger partial charge >= 0.3 is 0 Å². The van der Waals surface area contributed by atoms with Crippen LogP contribution < -0.4 is 5.73 Å². The number of thiophene rings is 1. The van der Waals surface area contributed by atoms with Crippen molar-refractivity contribution in [3.8, 4) is 0 Å². The minimum atomic E-state index is 0.0428. The fourth-order valence-electron chi connectivity index (χ4n) is 1.11. The summed E-state index contributed by atoms with van der Waals surface area (Å²) >= 11 is 5.11. The molecule has 0 radical (unpaired) electrons. The van der Waals surface area contributed by atoms with E-state index in [-0.39, 0.29) is 12.2 Å². The molecular weight excluding hydrogens is 262 g/mol. The molecule has 0 fully saturated rings. The minimum Gasteiger partial charge on any atom is -0.368 e. The van der Waals surface area contributed by atoms with Gasteiger partial charge in [-0.25, -0.2) is 0 Å². The second-order valence-corrected chi connectivity index (χ2v) is 5.11. The predicted molar refractivity (Wildman–Crippen MR) is 64.7 cm³/mol. The Hall–Kier alpha value is 0.1000. The quantitative estimate of drug-likeness (QED) is 0.896. The summed E-state index contributed by atoms with van der Waals surface area (Å²) < 4.78 is 6.91. The molecule has 0 aliphatic carbocycles. The summed E-state index contributed by atoms with van der Waals surface area (Å²) in [6.45, 7) is 4.73. The highest BCUT2D eigenvalue weighted by molar-refractivity contribution is 9.10. The highest BCUT2D eigenvalue weighted by atomic mass is 79.9. The average molecular weight is 278 g/mol. The molecule has 2 nitrogen and oxygen atoms in total. The Morgan fingerprint density at radius 3 is 2.79 bits per heavy atom. The van der Waals surface area contributed by atoms with Crippen molar-refractivity contribution in [2.45, 2.75) is 32.5 Å². The Labute approximate surface area is 97.6 Å². The summed E-state index contributed by atoms with van der Waals surface area (Å²) in [5.41, 5.74) is 5.68. The van der Waals surface area contributed by atoms with E-state index in [2.05, 4.69) is 41.2 Å². The highest BCUT2D eigenvalue weighted by Gasteiger charge is 2.14. The van der Waals surface area contributed by atoms with Crippen LogP contribution in [0.15, 0.2) is 15.9 Å². The second-order valence-electron chi connectivity index (χ2n) is 3.25. The van der Waals surface area contributed by atoms with Crippen LogP contribution in [-0.2, 0) is 4.74 Å². The number of ether oxygens (including phenoxy) is 1. The van der Waals surface area contributed by atoms with Crippen molar-refractivity contribution in [2.75, 3.05) is 6.54 Å². The Kier molecular flexibility index (Phi) is 5.09. The molecule has 0 aliphatic rings. The third kappa shape index (κ3) is 3.35. The van der Waals surface area contributed by atoms with Gasteiger partial charge in [-0.3, -0.25) is 0 Å². The first kappa shape index (κ1) is 12.2. The lowest BCUT2D eigenvalue weighted by Gasteiger charge is -2.19. The molecule has 14 heavy (non-hydrogen) atoms. The summed E-state index contributed by atoms with van der Waals surface area (Å²) in [5.74, 6) is 0. The molecule has 0 aliphatic heterocycles. The molecule has 0 saturated carbocycles. The van der Waals surface area contributed by atoms with E-state index in [9.17, 15) is 0 Å². The first-order valence-corrected chi connectivity index (χ1v) is 6.44. The van der Waals surface area contributed by atoms with Crippen LogP contribution in [-0.4, -0.2) is 12.6 Å². The van der Waals surface area contributed by atoms with Gasteiger partial charge in [-0.2, -0.15) is 0 Å². The number of hydrogen-bond acceptors (Lipinski definition) is 3. The molecule has 2 atom stereocenters. The summed E-state index contributed by atoms with van der Waals surface area (Å²) in [6, 6.07) is 2.07. The molecule has 0 spiro atoms. The second kappa shape index (κ2) is 5.85. The summed E-state index contributed by atoms with van der Waals surface area (Å²) in [6.07, 6.45) is 1.33. The van der Waals surface area contributed by atoms with Crippen LogP contribution in [0, 0.1) is 0 Å². The molecule has 1 heterocycles. The van der Waals surface area contributed by atoms with E-state index in [1.165, 1.54) is 4.88 Å². The molecule has 2 N–H and O–H groups in total. The van der Waals surface area contributed by atoms with E-state index >= 15 is 0 Å². The van der Waals surface area contributed by atoms with E-state index in [0.717, 1.165) is 10.9 Å². The monoisotopic (exact) mass is 277 g/mol. The van der Waals surface area contributed by atoms with Crippen LogP contribution in [0.25, 0.3) is 0 Å². The smallest absolute Gasteiger partial charge is 0.104 e. The molecule has 4 heteroatoms. The van der Waals surface area contributed by atoms with Crippen molar-refractivity contribution in [2.24, 2.45) is 5.73 Å². The van der Waals surface area contributed by atoms with E-state index < -0.39 is 0 Å². The maximum atomic E-state index is 5.81. The number of nitrogens with two attached hydrogens (primary N) is 1. The van der Waals surface area contributed by atoms with Crippen LogP contribution in [0.3, 0.4) is 0 Å². The van der Waals surface area contributed by atoms with Gasteiger partial charge < -0.3 is 10.5 Å². The number of rotatable bonds is 5. The summed E-state index contributed by atoms with van der Waals surface area (Å²) in [7, 11) is 0. The van der Waals surface area contributed by atoms with Gasteiger partial charge in [-0.05, 0) is 35.3 Å². The van der Waals surface area contributed by atoms with Crippen molar-refractivity contribution in [3.63, 3.8) is 0 Å². The summed E-state index contributed by atoms with van der Waals surface area (Å²) in [5, 5.41) is 2.05. The van der Waals surface area contributed by atoms with E-state index in [1.807, 2.05) is 0 Å². The topological polar surface area (TPSA) is 35.2 Å². The van der Waals surface area contributed by atoms with E-state index in [4.69, 9.17) is 10.5 Å². The van der Waals surface area contributed by atoms with Gasteiger partial charge in [-0.1, -0.05) is 6.92 Å². The van der Waals surface area contributed by atoms with Crippen LogP contribution in [0.4, 0.5) is 0 Å². The van der Waals surface area contributed by atoms with E-state index in [0.29, 0.717) is 6.54 Å². The molecule has 1 aromatic rings. The zero-order valence-corrected chi connectivity index (χ0v) is 10.9. The lowest BCUT2D eigenvalue weighted by atomic mass is 10.2. The normalized spacial score (nSPS) is 15.4. The Balaban J connectivity index is 2.62. The molecule has 0 amide bonds. The average Bonchev–Trinajstić information content (AvgIpc) is 2.60. The van der Waals surface area contributed by atoms with Crippen LogP contribution >= 0.6 is 27.3 Å². The Morgan fingerprint density at radius 2 is 2.36 bits per heavy atom. The zero-order chi connectivity index (χ0) is 10.6. The minimum absolute atomic E-state index is 0.0428. The maximum Gasteiger partial charge on any atom is 0.104 e.